The number of fused-ring (bicyclic) bond motifs is 1. The van der Waals surface area contributed by atoms with Gasteiger partial charge < -0.3 is 5.32 Å². The second-order valence-corrected chi connectivity index (χ2v) is 6.81. The van der Waals surface area contributed by atoms with E-state index in [1.54, 1.807) is 0 Å². The van der Waals surface area contributed by atoms with Gasteiger partial charge in [-0.25, -0.2) is 4.98 Å². The normalized spacial score (nSPS) is 12.6. The molecule has 0 saturated heterocycles. The van der Waals surface area contributed by atoms with Gasteiger partial charge in [0.2, 0.25) is 10.1 Å². The van der Waals surface area contributed by atoms with Crippen molar-refractivity contribution >= 4 is 21.4 Å². The Kier molecular flexibility index (Phi) is 5.22. The highest BCUT2D eigenvalue weighted by Crippen LogP contribution is 2.16. The molecule has 0 fully saturated rings. The number of benzene rings is 1. The Balaban J connectivity index is 1.51. The third kappa shape index (κ3) is 3.98. The molecule has 2 heterocycles. The number of anilines is 1. The van der Waals surface area contributed by atoms with E-state index in [9.17, 15) is 4.79 Å². The van der Waals surface area contributed by atoms with Gasteiger partial charge in [-0.2, -0.15) is 4.52 Å². The van der Waals surface area contributed by atoms with E-state index in [-0.39, 0.29) is 5.56 Å². The minimum absolute atomic E-state index is 0.153. The first kappa shape index (κ1) is 16.6. The lowest BCUT2D eigenvalue weighted by Crippen LogP contribution is -2.30. The Morgan fingerprint density at radius 2 is 2.08 bits per heavy atom. The summed E-state index contributed by atoms with van der Waals surface area (Å²) in [6.07, 6.45) is 2.50. The molecule has 0 aliphatic heterocycles. The molecule has 7 heteroatoms. The van der Waals surface area contributed by atoms with Crippen LogP contribution in [0.1, 0.15) is 18.9 Å². The molecule has 0 aliphatic carbocycles. The van der Waals surface area contributed by atoms with Gasteiger partial charge in [-0.3, -0.25) is 9.69 Å². The lowest BCUT2D eigenvalue weighted by molar-refractivity contribution is 0.242. The maximum atomic E-state index is 11.7. The van der Waals surface area contributed by atoms with E-state index >= 15 is 0 Å². The van der Waals surface area contributed by atoms with E-state index in [1.807, 2.05) is 6.07 Å². The van der Waals surface area contributed by atoms with Crippen LogP contribution in [0.2, 0.25) is 0 Å². The summed E-state index contributed by atoms with van der Waals surface area (Å²) in [6, 6.07) is 12.3. The molecule has 0 spiro atoms. The SMILES string of the molecule is CC(CCNc1nn2c(=O)ccnc2s1)N(C)Cc1ccccc1. The van der Waals surface area contributed by atoms with E-state index < -0.39 is 0 Å². The van der Waals surface area contributed by atoms with Gasteiger partial charge in [-0.05, 0) is 26.0 Å². The van der Waals surface area contributed by atoms with Crippen LogP contribution in [0, 0.1) is 0 Å². The minimum Gasteiger partial charge on any atom is -0.360 e. The second kappa shape index (κ2) is 7.55. The average Bonchev–Trinajstić information content (AvgIpc) is 3.00. The molecule has 1 N–H and O–H groups in total. The summed E-state index contributed by atoms with van der Waals surface area (Å²) >= 11 is 1.39. The van der Waals surface area contributed by atoms with Crippen molar-refractivity contribution < 1.29 is 0 Å². The first-order valence-electron chi connectivity index (χ1n) is 7.96. The molecule has 1 atom stereocenters. The Hall–Kier alpha value is -2.25. The molecule has 0 saturated carbocycles. The molecule has 3 aromatic rings. The van der Waals surface area contributed by atoms with Gasteiger partial charge in [0.25, 0.3) is 5.56 Å². The fourth-order valence-electron chi connectivity index (χ4n) is 2.45. The summed E-state index contributed by atoms with van der Waals surface area (Å²) < 4.78 is 1.33. The number of rotatable bonds is 7. The molecule has 0 bridgehead atoms. The van der Waals surface area contributed by atoms with Crippen LogP contribution < -0.4 is 10.9 Å². The molecule has 126 valence electrons. The average molecular weight is 343 g/mol. The molecule has 2 aromatic heterocycles. The maximum Gasteiger partial charge on any atom is 0.275 e. The highest BCUT2D eigenvalue weighted by molar-refractivity contribution is 7.20. The predicted molar refractivity (Wildman–Crippen MR) is 97.6 cm³/mol. The van der Waals surface area contributed by atoms with Crippen LogP contribution in [0.25, 0.3) is 4.96 Å². The summed E-state index contributed by atoms with van der Waals surface area (Å²) in [7, 11) is 2.14. The van der Waals surface area contributed by atoms with Gasteiger partial charge in [-0.1, -0.05) is 41.7 Å². The zero-order valence-electron chi connectivity index (χ0n) is 13.8. The standard InChI is InChI=1S/C17H21N5OS/c1-13(21(2)12-14-6-4-3-5-7-14)8-10-18-16-20-22-15(23)9-11-19-17(22)24-16/h3-7,9,11,13H,8,10,12H2,1-2H3,(H,18,20). The van der Waals surface area contributed by atoms with Crippen molar-refractivity contribution in [3.8, 4) is 0 Å². The summed E-state index contributed by atoms with van der Waals surface area (Å²) in [5.74, 6) is 0. The molecule has 0 radical (unpaired) electrons. The van der Waals surface area contributed by atoms with E-state index in [0.29, 0.717) is 11.0 Å². The predicted octanol–water partition coefficient (Wildman–Crippen LogP) is 2.47. The molecule has 0 aliphatic rings. The molecular formula is C17H21N5OS. The van der Waals surface area contributed by atoms with Crippen LogP contribution in [-0.2, 0) is 6.54 Å². The van der Waals surface area contributed by atoms with Crippen molar-refractivity contribution in [3.63, 3.8) is 0 Å². The molecule has 3 rings (SSSR count). The van der Waals surface area contributed by atoms with Crippen molar-refractivity contribution in [3.05, 3.63) is 58.5 Å². The number of aromatic nitrogens is 3. The topological polar surface area (TPSA) is 62.5 Å². The van der Waals surface area contributed by atoms with Gasteiger partial charge in [0.15, 0.2) is 0 Å². The van der Waals surface area contributed by atoms with E-state index in [4.69, 9.17) is 0 Å². The minimum atomic E-state index is -0.153. The monoisotopic (exact) mass is 343 g/mol. The van der Waals surface area contributed by atoms with Crippen molar-refractivity contribution in [1.82, 2.24) is 19.5 Å². The fraction of sp³-hybridized carbons (Fsp3) is 0.353. The lowest BCUT2D eigenvalue weighted by atomic mass is 10.1. The van der Waals surface area contributed by atoms with Crippen LogP contribution in [0.4, 0.5) is 5.13 Å². The van der Waals surface area contributed by atoms with Gasteiger partial charge in [-0.15, -0.1) is 5.10 Å². The third-order valence-corrected chi connectivity index (χ3v) is 4.92. The van der Waals surface area contributed by atoms with Crippen LogP contribution in [0.5, 0.6) is 0 Å². The van der Waals surface area contributed by atoms with E-state index in [2.05, 4.69) is 58.5 Å². The fourth-order valence-corrected chi connectivity index (χ4v) is 3.25. The zero-order chi connectivity index (χ0) is 16.9. The van der Waals surface area contributed by atoms with Crippen LogP contribution in [0.3, 0.4) is 0 Å². The van der Waals surface area contributed by atoms with Crippen LogP contribution in [0.15, 0.2) is 47.4 Å². The summed E-state index contributed by atoms with van der Waals surface area (Å²) in [4.78, 5) is 18.8. The molecule has 1 aromatic carbocycles. The van der Waals surface area contributed by atoms with Crippen molar-refractivity contribution in [1.29, 1.82) is 0 Å². The van der Waals surface area contributed by atoms with Crippen molar-refractivity contribution in [2.75, 3.05) is 18.9 Å². The Labute approximate surface area is 144 Å². The number of hydrogen-bond donors (Lipinski definition) is 1. The van der Waals surface area contributed by atoms with Gasteiger partial charge in [0.1, 0.15) is 0 Å². The quantitative estimate of drug-likeness (QED) is 0.714. The van der Waals surface area contributed by atoms with Crippen molar-refractivity contribution in [2.24, 2.45) is 0 Å². The molecular weight excluding hydrogens is 322 g/mol. The highest BCUT2D eigenvalue weighted by atomic mass is 32.1. The zero-order valence-corrected chi connectivity index (χ0v) is 14.7. The van der Waals surface area contributed by atoms with Gasteiger partial charge >= 0.3 is 0 Å². The first-order chi connectivity index (χ1) is 11.6. The highest BCUT2D eigenvalue weighted by Gasteiger charge is 2.10. The smallest absolute Gasteiger partial charge is 0.275 e. The van der Waals surface area contributed by atoms with Crippen molar-refractivity contribution in [2.45, 2.75) is 25.9 Å². The maximum absolute atomic E-state index is 11.7. The first-order valence-corrected chi connectivity index (χ1v) is 8.78. The largest absolute Gasteiger partial charge is 0.360 e. The lowest BCUT2D eigenvalue weighted by Gasteiger charge is -2.24. The van der Waals surface area contributed by atoms with Gasteiger partial charge in [0, 0.05) is 31.4 Å². The van der Waals surface area contributed by atoms with Crippen LogP contribution in [-0.4, -0.2) is 39.1 Å². The molecule has 6 nitrogen and oxygen atoms in total. The molecule has 24 heavy (non-hydrogen) atoms. The number of nitrogens with one attached hydrogen (secondary N) is 1. The third-order valence-electron chi connectivity index (χ3n) is 4.04. The Morgan fingerprint density at radius 3 is 2.83 bits per heavy atom. The van der Waals surface area contributed by atoms with E-state index in [1.165, 1.54) is 33.7 Å². The van der Waals surface area contributed by atoms with Gasteiger partial charge in [0.05, 0.1) is 0 Å². The molecule has 0 amide bonds. The van der Waals surface area contributed by atoms with E-state index in [0.717, 1.165) is 24.6 Å². The Bertz CT molecular complexity index is 845. The second-order valence-electron chi connectivity index (χ2n) is 5.85. The number of nitrogens with zero attached hydrogens (tertiary/aromatic N) is 4. The summed E-state index contributed by atoms with van der Waals surface area (Å²) in [5, 5.41) is 8.27. The van der Waals surface area contributed by atoms with Crippen LogP contribution >= 0.6 is 11.3 Å². The summed E-state index contributed by atoms with van der Waals surface area (Å²) in [6.45, 7) is 3.95. The summed E-state index contributed by atoms with van der Waals surface area (Å²) in [5.41, 5.74) is 1.16. The molecule has 1 unspecified atom stereocenters. The Morgan fingerprint density at radius 1 is 1.29 bits per heavy atom. The number of hydrogen-bond acceptors (Lipinski definition) is 6.